The summed E-state index contributed by atoms with van der Waals surface area (Å²) in [6, 6.07) is 3.41. The van der Waals surface area contributed by atoms with Gasteiger partial charge in [-0.15, -0.1) is 21.5 Å². The van der Waals surface area contributed by atoms with Gasteiger partial charge < -0.3 is 9.67 Å². The number of aromatic nitrogens is 4. The van der Waals surface area contributed by atoms with Gasteiger partial charge in [-0.3, -0.25) is 4.79 Å². The zero-order chi connectivity index (χ0) is 18.6. The Morgan fingerprint density at radius 2 is 2.08 bits per heavy atom. The van der Waals surface area contributed by atoms with E-state index < -0.39 is 22.0 Å². The van der Waals surface area contributed by atoms with Crippen molar-refractivity contribution in [1.29, 1.82) is 0 Å². The maximum atomic E-state index is 13.2. The molecule has 0 amide bonds. The third kappa shape index (κ3) is 2.59. The first-order chi connectivity index (χ1) is 12.3. The number of sulfonamides is 1. The zero-order valence-corrected chi connectivity index (χ0v) is 15.6. The number of fused-ring (bicyclic) bond motifs is 2. The molecular formula is C15H15N5O4S2. The number of aryl methyl sites for hydroxylation is 2. The Hall–Kier alpha value is -2.37. The molecule has 3 heterocycles. The molecule has 0 fully saturated rings. The van der Waals surface area contributed by atoms with E-state index in [1.165, 1.54) is 17.4 Å². The Labute approximate surface area is 153 Å². The van der Waals surface area contributed by atoms with Crippen LogP contribution >= 0.6 is 11.3 Å². The molecule has 4 rings (SSSR count). The lowest BCUT2D eigenvalue weighted by Crippen LogP contribution is -2.50. The first-order valence-electron chi connectivity index (χ1n) is 7.78. The molecule has 0 aliphatic carbocycles. The highest BCUT2D eigenvalue weighted by atomic mass is 32.2. The maximum Gasteiger partial charge on any atom is 0.323 e. The van der Waals surface area contributed by atoms with Crippen LogP contribution in [0.3, 0.4) is 0 Å². The van der Waals surface area contributed by atoms with E-state index >= 15 is 0 Å². The molecule has 0 saturated heterocycles. The molecule has 1 aliphatic heterocycles. The molecule has 1 atom stereocenters. The second-order valence-corrected chi connectivity index (χ2v) is 9.17. The summed E-state index contributed by atoms with van der Waals surface area (Å²) < 4.78 is 29.7. The van der Waals surface area contributed by atoms with Crippen molar-refractivity contribution in [1.82, 2.24) is 24.1 Å². The molecule has 0 radical (unpaired) electrons. The number of aliphatic carboxylic acids is 1. The van der Waals surface area contributed by atoms with Crippen molar-refractivity contribution in [2.24, 2.45) is 0 Å². The molecule has 136 valence electrons. The predicted octanol–water partition coefficient (Wildman–Crippen LogP) is 1.16. The van der Waals surface area contributed by atoms with E-state index in [0.717, 1.165) is 19.5 Å². The van der Waals surface area contributed by atoms with Crippen LogP contribution in [-0.4, -0.2) is 49.6 Å². The smallest absolute Gasteiger partial charge is 0.323 e. The Morgan fingerprint density at radius 1 is 1.31 bits per heavy atom. The van der Waals surface area contributed by atoms with Crippen LogP contribution in [0.4, 0.5) is 0 Å². The normalized spacial score (nSPS) is 18.2. The molecule has 1 unspecified atom stereocenters. The second-order valence-electron chi connectivity index (χ2n) is 6.04. The van der Waals surface area contributed by atoms with Crippen LogP contribution in [0.2, 0.25) is 0 Å². The number of carboxylic acids is 1. The first kappa shape index (κ1) is 17.1. The third-order valence-corrected chi connectivity index (χ3v) is 7.16. The third-order valence-electron chi connectivity index (χ3n) is 4.37. The Bertz CT molecular complexity index is 1130. The van der Waals surface area contributed by atoms with Gasteiger partial charge in [0.25, 0.3) is 0 Å². The highest BCUT2D eigenvalue weighted by molar-refractivity contribution is 7.89. The summed E-state index contributed by atoms with van der Waals surface area (Å²) in [5.41, 5.74) is 0.718. The van der Waals surface area contributed by atoms with Crippen molar-refractivity contribution in [2.75, 3.05) is 0 Å². The van der Waals surface area contributed by atoms with Crippen molar-refractivity contribution in [3.05, 3.63) is 34.9 Å². The monoisotopic (exact) mass is 393 g/mol. The Balaban J connectivity index is 1.80. The number of benzene rings is 1. The number of hydrogen-bond acceptors (Lipinski definition) is 7. The van der Waals surface area contributed by atoms with Crippen LogP contribution in [0.1, 0.15) is 16.7 Å². The standard InChI is InChI=1S/C15H15N5O4S2/c1-8-17-18-14-7-20(12(15(21)22)6-19(8)14)26(23,24)10-3-4-11-13(5-10)25-9(2)16-11/h3-5,12H,6-7H2,1-2H3,(H,21,22). The fourth-order valence-electron chi connectivity index (χ4n) is 3.06. The van der Waals surface area contributed by atoms with Crippen LogP contribution < -0.4 is 0 Å². The molecule has 0 spiro atoms. The molecule has 1 aromatic carbocycles. The van der Waals surface area contributed by atoms with Crippen molar-refractivity contribution in [3.8, 4) is 0 Å². The number of nitrogens with zero attached hydrogens (tertiary/aromatic N) is 5. The van der Waals surface area contributed by atoms with Crippen LogP contribution in [0.15, 0.2) is 23.1 Å². The zero-order valence-electron chi connectivity index (χ0n) is 13.9. The molecule has 1 aliphatic rings. The van der Waals surface area contributed by atoms with Gasteiger partial charge in [-0.1, -0.05) is 0 Å². The van der Waals surface area contributed by atoms with E-state index in [2.05, 4.69) is 15.2 Å². The van der Waals surface area contributed by atoms with Gasteiger partial charge in [0, 0.05) is 0 Å². The molecular weight excluding hydrogens is 378 g/mol. The molecule has 26 heavy (non-hydrogen) atoms. The van der Waals surface area contributed by atoms with Gasteiger partial charge in [-0.05, 0) is 32.0 Å². The number of carbonyl (C=O) groups is 1. The van der Waals surface area contributed by atoms with E-state index in [1.54, 1.807) is 23.6 Å². The van der Waals surface area contributed by atoms with Crippen molar-refractivity contribution in [3.63, 3.8) is 0 Å². The minimum Gasteiger partial charge on any atom is -0.480 e. The quantitative estimate of drug-likeness (QED) is 0.709. The second kappa shape index (κ2) is 5.83. The Morgan fingerprint density at radius 3 is 2.81 bits per heavy atom. The fraction of sp³-hybridized carbons (Fsp3) is 0.333. The van der Waals surface area contributed by atoms with Gasteiger partial charge in [0.15, 0.2) is 0 Å². The van der Waals surface area contributed by atoms with E-state index in [1.807, 2.05) is 6.92 Å². The van der Waals surface area contributed by atoms with Crippen LogP contribution in [-0.2, 0) is 27.9 Å². The average molecular weight is 393 g/mol. The summed E-state index contributed by atoms with van der Waals surface area (Å²) >= 11 is 1.39. The number of carboxylic acid groups (broad SMARTS) is 1. The minimum atomic E-state index is -4.02. The average Bonchev–Trinajstić information content (AvgIpc) is 3.14. The van der Waals surface area contributed by atoms with E-state index in [9.17, 15) is 18.3 Å². The van der Waals surface area contributed by atoms with Crippen LogP contribution in [0.25, 0.3) is 10.2 Å². The molecule has 2 aromatic heterocycles. The molecule has 9 nitrogen and oxygen atoms in total. The minimum absolute atomic E-state index is 0.0232. The molecule has 3 aromatic rings. The van der Waals surface area contributed by atoms with Crippen LogP contribution in [0.5, 0.6) is 0 Å². The fourth-order valence-corrected chi connectivity index (χ4v) is 5.56. The van der Waals surface area contributed by atoms with Gasteiger partial charge >= 0.3 is 5.97 Å². The summed E-state index contributed by atoms with van der Waals surface area (Å²) in [7, 11) is -4.02. The lowest BCUT2D eigenvalue weighted by Gasteiger charge is -2.32. The highest BCUT2D eigenvalue weighted by Crippen LogP contribution is 2.29. The van der Waals surface area contributed by atoms with Gasteiger partial charge in [0.05, 0.1) is 33.2 Å². The maximum absolute atomic E-state index is 13.2. The molecule has 11 heteroatoms. The summed E-state index contributed by atoms with van der Waals surface area (Å²) in [5, 5.41) is 18.3. The van der Waals surface area contributed by atoms with Gasteiger partial charge in [0.2, 0.25) is 10.0 Å². The summed E-state index contributed by atoms with van der Waals surface area (Å²) in [5.74, 6) is -0.217. The number of hydrogen-bond donors (Lipinski definition) is 1. The summed E-state index contributed by atoms with van der Waals surface area (Å²) in [6.07, 6.45) is 0. The van der Waals surface area contributed by atoms with Gasteiger partial charge in [0.1, 0.15) is 17.7 Å². The Kier molecular flexibility index (Phi) is 3.82. The summed E-state index contributed by atoms with van der Waals surface area (Å²) in [6.45, 7) is 3.39. The van der Waals surface area contributed by atoms with E-state index in [0.29, 0.717) is 11.6 Å². The first-order valence-corrected chi connectivity index (χ1v) is 10.0. The van der Waals surface area contributed by atoms with Crippen molar-refractivity contribution in [2.45, 2.75) is 37.9 Å². The van der Waals surface area contributed by atoms with Crippen molar-refractivity contribution < 1.29 is 18.3 Å². The summed E-state index contributed by atoms with van der Waals surface area (Å²) in [4.78, 5) is 16.1. The van der Waals surface area contributed by atoms with E-state index in [4.69, 9.17) is 0 Å². The topological polar surface area (TPSA) is 118 Å². The molecule has 0 bridgehead atoms. The molecule has 0 saturated carbocycles. The van der Waals surface area contributed by atoms with E-state index in [-0.39, 0.29) is 18.0 Å². The predicted molar refractivity (Wildman–Crippen MR) is 93.3 cm³/mol. The highest BCUT2D eigenvalue weighted by Gasteiger charge is 2.41. The lowest BCUT2D eigenvalue weighted by molar-refractivity contribution is -0.142. The number of thiazole rings is 1. The van der Waals surface area contributed by atoms with Crippen LogP contribution in [0, 0.1) is 13.8 Å². The lowest BCUT2D eigenvalue weighted by atomic mass is 10.2. The SMILES string of the molecule is Cc1nc2ccc(S(=O)(=O)N3Cc4nnc(C)n4CC3C(=O)O)cc2s1. The van der Waals surface area contributed by atoms with Gasteiger partial charge in [-0.25, -0.2) is 13.4 Å². The van der Waals surface area contributed by atoms with Crippen molar-refractivity contribution >= 4 is 37.5 Å². The van der Waals surface area contributed by atoms with Gasteiger partial charge in [-0.2, -0.15) is 4.31 Å². The largest absolute Gasteiger partial charge is 0.480 e. The number of rotatable bonds is 3. The molecule has 1 N–H and O–H groups in total.